The number of fused-ring (bicyclic) bond motifs is 1. The summed E-state index contributed by atoms with van der Waals surface area (Å²) < 4.78 is 12.4. The summed E-state index contributed by atoms with van der Waals surface area (Å²) in [4.78, 5) is 12.5. The van der Waals surface area contributed by atoms with E-state index in [1.807, 2.05) is 84.9 Å². The third-order valence-corrected chi connectivity index (χ3v) is 5.14. The van der Waals surface area contributed by atoms with Crippen molar-refractivity contribution in [3.63, 3.8) is 0 Å². The van der Waals surface area contributed by atoms with Gasteiger partial charge in [-0.1, -0.05) is 60.7 Å². The predicted molar refractivity (Wildman–Crippen MR) is 119 cm³/mol. The SMILES string of the molecule is O=C(COc1ccc2ccccc2c1Br)Nc1ccccc1Oc1ccccc1. The number of hydrogen-bond acceptors (Lipinski definition) is 3. The minimum Gasteiger partial charge on any atom is -0.483 e. The monoisotopic (exact) mass is 447 g/mol. The Hall–Kier alpha value is -3.31. The van der Waals surface area contributed by atoms with E-state index >= 15 is 0 Å². The summed E-state index contributed by atoms with van der Waals surface area (Å²) in [6.07, 6.45) is 0. The molecular weight excluding hydrogens is 430 g/mol. The number of para-hydroxylation sites is 3. The Bertz CT molecular complexity index is 1150. The van der Waals surface area contributed by atoms with E-state index in [1.54, 1.807) is 6.07 Å². The third kappa shape index (κ3) is 4.58. The Kier molecular flexibility index (Phi) is 5.77. The standard InChI is InChI=1S/C24H18BrNO3/c25-24-19-11-5-4-8-17(19)14-15-22(24)28-16-23(27)26-20-12-6-7-13-21(20)29-18-9-2-1-3-10-18/h1-15H,16H2,(H,26,27). The highest BCUT2D eigenvalue weighted by atomic mass is 79.9. The van der Waals surface area contributed by atoms with Crippen molar-refractivity contribution in [1.29, 1.82) is 0 Å². The minimum absolute atomic E-state index is 0.114. The fourth-order valence-electron chi connectivity index (χ4n) is 2.93. The lowest BCUT2D eigenvalue weighted by atomic mass is 10.1. The van der Waals surface area contributed by atoms with Gasteiger partial charge in [-0.3, -0.25) is 4.79 Å². The molecule has 4 aromatic rings. The number of amides is 1. The lowest BCUT2D eigenvalue weighted by Crippen LogP contribution is -2.20. The molecule has 0 aliphatic carbocycles. The van der Waals surface area contributed by atoms with Crippen molar-refractivity contribution in [3.8, 4) is 17.2 Å². The first-order chi connectivity index (χ1) is 14.2. The molecule has 4 aromatic carbocycles. The molecule has 0 atom stereocenters. The van der Waals surface area contributed by atoms with Crippen molar-refractivity contribution >= 4 is 38.3 Å². The van der Waals surface area contributed by atoms with Gasteiger partial charge in [-0.25, -0.2) is 0 Å². The minimum atomic E-state index is -0.269. The van der Waals surface area contributed by atoms with E-state index < -0.39 is 0 Å². The van der Waals surface area contributed by atoms with E-state index in [0.717, 1.165) is 15.2 Å². The van der Waals surface area contributed by atoms with Crippen LogP contribution in [0, 0.1) is 0 Å². The number of rotatable bonds is 6. The van der Waals surface area contributed by atoms with Crippen LogP contribution in [0.5, 0.6) is 17.2 Å². The molecule has 29 heavy (non-hydrogen) atoms. The van der Waals surface area contributed by atoms with Gasteiger partial charge < -0.3 is 14.8 Å². The van der Waals surface area contributed by atoms with Crippen molar-refractivity contribution < 1.29 is 14.3 Å². The van der Waals surface area contributed by atoms with E-state index in [2.05, 4.69) is 21.2 Å². The largest absolute Gasteiger partial charge is 0.483 e. The molecule has 1 N–H and O–H groups in total. The Morgan fingerprint density at radius 3 is 2.38 bits per heavy atom. The second-order valence-electron chi connectivity index (χ2n) is 6.35. The van der Waals surface area contributed by atoms with Gasteiger partial charge in [0, 0.05) is 0 Å². The molecule has 144 valence electrons. The first-order valence-corrected chi connectivity index (χ1v) is 9.92. The molecule has 5 heteroatoms. The van der Waals surface area contributed by atoms with E-state index in [0.29, 0.717) is 22.9 Å². The highest BCUT2D eigenvalue weighted by molar-refractivity contribution is 9.10. The van der Waals surface area contributed by atoms with E-state index in [9.17, 15) is 4.79 Å². The second kappa shape index (κ2) is 8.80. The molecule has 1 amide bonds. The van der Waals surface area contributed by atoms with Crippen LogP contribution >= 0.6 is 15.9 Å². The van der Waals surface area contributed by atoms with Gasteiger partial charge in [-0.2, -0.15) is 0 Å². The third-order valence-electron chi connectivity index (χ3n) is 4.32. The molecule has 0 aliphatic rings. The van der Waals surface area contributed by atoms with Crippen molar-refractivity contribution in [2.24, 2.45) is 0 Å². The molecule has 0 radical (unpaired) electrons. The molecule has 0 spiro atoms. The molecule has 0 aromatic heterocycles. The Morgan fingerprint density at radius 1 is 0.793 bits per heavy atom. The molecule has 4 nitrogen and oxygen atoms in total. The first-order valence-electron chi connectivity index (χ1n) is 9.12. The van der Waals surface area contributed by atoms with E-state index in [4.69, 9.17) is 9.47 Å². The van der Waals surface area contributed by atoms with Crippen LogP contribution < -0.4 is 14.8 Å². The number of benzene rings is 4. The van der Waals surface area contributed by atoms with Crippen molar-refractivity contribution in [1.82, 2.24) is 0 Å². The number of carbonyl (C=O) groups excluding carboxylic acids is 1. The number of halogens is 1. The molecule has 0 saturated carbocycles. The predicted octanol–water partition coefficient (Wildman–Crippen LogP) is 6.41. The van der Waals surface area contributed by atoms with Crippen LogP contribution in [0.3, 0.4) is 0 Å². The zero-order valence-corrected chi connectivity index (χ0v) is 17.1. The zero-order chi connectivity index (χ0) is 20.1. The Labute approximate surface area is 177 Å². The smallest absolute Gasteiger partial charge is 0.262 e. The number of nitrogens with one attached hydrogen (secondary N) is 1. The molecule has 0 saturated heterocycles. The second-order valence-corrected chi connectivity index (χ2v) is 7.14. The van der Waals surface area contributed by atoms with Crippen LogP contribution in [0.25, 0.3) is 10.8 Å². The van der Waals surface area contributed by atoms with Gasteiger partial charge >= 0.3 is 0 Å². The highest BCUT2D eigenvalue weighted by Crippen LogP contribution is 2.33. The molecular formula is C24H18BrNO3. The van der Waals surface area contributed by atoms with Crippen molar-refractivity contribution in [2.75, 3.05) is 11.9 Å². The molecule has 0 unspecified atom stereocenters. The summed E-state index contributed by atoms with van der Waals surface area (Å²) in [7, 11) is 0. The summed E-state index contributed by atoms with van der Waals surface area (Å²) in [6.45, 7) is -0.114. The van der Waals surface area contributed by atoms with Gasteiger partial charge in [-0.05, 0) is 57.0 Å². The fourth-order valence-corrected chi connectivity index (χ4v) is 3.54. The van der Waals surface area contributed by atoms with E-state index in [-0.39, 0.29) is 12.5 Å². The molecule has 0 fully saturated rings. The lowest BCUT2D eigenvalue weighted by molar-refractivity contribution is -0.118. The van der Waals surface area contributed by atoms with Crippen LogP contribution in [0.4, 0.5) is 5.69 Å². The maximum absolute atomic E-state index is 12.5. The summed E-state index contributed by atoms with van der Waals surface area (Å²) in [5.74, 6) is 1.62. The topological polar surface area (TPSA) is 47.6 Å². The van der Waals surface area contributed by atoms with Gasteiger partial charge in [0.25, 0.3) is 5.91 Å². The van der Waals surface area contributed by atoms with Gasteiger partial charge in [0.2, 0.25) is 0 Å². The molecule has 0 aliphatic heterocycles. The van der Waals surface area contributed by atoms with Crippen LogP contribution in [-0.4, -0.2) is 12.5 Å². The number of ether oxygens (including phenoxy) is 2. The zero-order valence-electron chi connectivity index (χ0n) is 15.5. The molecule has 0 bridgehead atoms. The van der Waals surface area contributed by atoms with Gasteiger partial charge in [0.1, 0.15) is 11.5 Å². The van der Waals surface area contributed by atoms with Gasteiger partial charge in [0.05, 0.1) is 10.2 Å². The van der Waals surface area contributed by atoms with Crippen LogP contribution in [0.2, 0.25) is 0 Å². The molecule has 0 heterocycles. The summed E-state index contributed by atoms with van der Waals surface area (Å²) in [5, 5.41) is 4.99. The van der Waals surface area contributed by atoms with Gasteiger partial charge in [0.15, 0.2) is 12.4 Å². The fraction of sp³-hybridized carbons (Fsp3) is 0.0417. The first kappa shape index (κ1) is 19.0. The highest BCUT2D eigenvalue weighted by Gasteiger charge is 2.11. The quantitative estimate of drug-likeness (QED) is 0.371. The van der Waals surface area contributed by atoms with Crippen LogP contribution in [-0.2, 0) is 4.79 Å². The van der Waals surface area contributed by atoms with Gasteiger partial charge in [-0.15, -0.1) is 0 Å². The summed E-state index contributed by atoms with van der Waals surface area (Å²) in [5.41, 5.74) is 0.586. The average Bonchev–Trinajstić information content (AvgIpc) is 2.76. The van der Waals surface area contributed by atoms with Crippen molar-refractivity contribution in [3.05, 3.63) is 95.5 Å². The van der Waals surface area contributed by atoms with Crippen LogP contribution in [0.1, 0.15) is 0 Å². The lowest BCUT2D eigenvalue weighted by Gasteiger charge is -2.13. The Balaban J connectivity index is 1.44. The maximum Gasteiger partial charge on any atom is 0.262 e. The number of carbonyl (C=O) groups is 1. The summed E-state index contributed by atoms with van der Waals surface area (Å²) >= 11 is 3.57. The Morgan fingerprint density at radius 2 is 1.52 bits per heavy atom. The average molecular weight is 448 g/mol. The normalized spacial score (nSPS) is 10.5. The van der Waals surface area contributed by atoms with Crippen LogP contribution in [0.15, 0.2) is 95.5 Å². The summed E-state index contributed by atoms with van der Waals surface area (Å²) in [6, 6.07) is 28.5. The van der Waals surface area contributed by atoms with Crippen molar-refractivity contribution in [2.45, 2.75) is 0 Å². The maximum atomic E-state index is 12.5. The number of anilines is 1. The number of hydrogen-bond donors (Lipinski definition) is 1. The van der Waals surface area contributed by atoms with E-state index in [1.165, 1.54) is 0 Å². The molecule has 4 rings (SSSR count).